The first kappa shape index (κ1) is 11.7. The van der Waals surface area contributed by atoms with Crippen LogP contribution in [0.1, 0.15) is 35.1 Å². The lowest BCUT2D eigenvalue weighted by Gasteiger charge is -2.16. The summed E-state index contributed by atoms with van der Waals surface area (Å²) in [5, 5.41) is 3.84. The number of hydrogen-bond acceptors (Lipinski definition) is 1. The molecule has 0 fully saturated rings. The molecule has 3 rings (SSSR count). The Kier molecular flexibility index (Phi) is 2.86. The van der Waals surface area contributed by atoms with Crippen LogP contribution in [0.25, 0.3) is 0 Å². The summed E-state index contributed by atoms with van der Waals surface area (Å²) in [5.41, 5.74) is 5.88. The van der Waals surface area contributed by atoms with E-state index in [2.05, 4.69) is 17.0 Å². The SMILES string of the molecule is C=NC(=O)Nc1c2c(c(Cl)c3c1CCC3)CCC2. The average molecular weight is 263 g/mol. The third-order valence-electron chi connectivity index (χ3n) is 3.94. The Hall–Kier alpha value is -1.35. The second-order valence-corrected chi connectivity index (χ2v) is 5.28. The highest BCUT2D eigenvalue weighted by Crippen LogP contribution is 2.43. The summed E-state index contributed by atoms with van der Waals surface area (Å²) >= 11 is 6.49. The highest BCUT2D eigenvalue weighted by molar-refractivity contribution is 6.32. The molecule has 2 amide bonds. The van der Waals surface area contributed by atoms with Crippen molar-refractivity contribution < 1.29 is 4.79 Å². The van der Waals surface area contributed by atoms with Gasteiger partial charge in [-0.1, -0.05) is 11.6 Å². The van der Waals surface area contributed by atoms with Crippen molar-refractivity contribution in [1.29, 1.82) is 0 Å². The number of carbonyl (C=O) groups is 1. The number of nitrogens with one attached hydrogen (secondary N) is 1. The van der Waals surface area contributed by atoms with Gasteiger partial charge >= 0.3 is 6.03 Å². The van der Waals surface area contributed by atoms with Gasteiger partial charge in [-0.05, 0) is 67.5 Å². The molecule has 0 aromatic heterocycles. The third kappa shape index (κ3) is 1.65. The molecule has 2 aliphatic rings. The fourth-order valence-electron chi connectivity index (χ4n) is 3.19. The van der Waals surface area contributed by atoms with E-state index in [0.717, 1.165) is 49.2 Å². The van der Waals surface area contributed by atoms with E-state index in [1.807, 2.05) is 0 Å². The van der Waals surface area contributed by atoms with Crippen LogP contribution < -0.4 is 5.32 Å². The summed E-state index contributed by atoms with van der Waals surface area (Å²) in [4.78, 5) is 14.9. The van der Waals surface area contributed by atoms with Crippen LogP contribution in [0.2, 0.25) is 5.02 Å². The van der Waals surface area contributed by atoms with Crippen molar-refractivity contribution in [3.8, 4) is 0 Å². The zero-order chi connectivity index (χ0) is 12.7. The molecule has 0 saturated heterocycles. The molecule has 0 atom stereocenters. The van der Waals surface area contributed by atoms with Crippen LogP contribution in [0.15, 0.2) is 4.99 Å². The van der Waals surface area contributed by atoms with Gasteiger partial charge in [-0.15, -0.1) is 0 Å². The molecular formula is C14H15ClN2O. The number of amides is 2. The predicted molar refractivity (Wildman–Crippen MR) is 74.1 cm³/mol. The molecule has 0 heterocycles. The molecule has 2 aliphatic carbocycles. The van der Waals surface area contributed by atoms with Gasteiger partial charge in [-0.3, -0.25) is 0 Å². The minimum atomic E-state index is -0.375. The molecule has 1 aromatic rings. The number of hydrogen-bond donors (Lipinski definition) is 1. The van der Waals surface area contributed by atoms with Crippen LogP contribution in [-0.2, 0) is 25.7 Å². The second kappa shape index (κ2) is 4.39. The molecule has 1 aromatic carbocycles. The summed E-state index contributed by atoms with van der Waals surface area (Å²) in [6.45, 7) is 3.27. The third-order valence-corrected chi connectivity index (χ3v) is 4.40. The van der Waals surface area contributed by atoms with E-state index in [1.165, 1.54) is 22.3 Å². The van der Waals surface area contributed by atoms with Crippen LogP contribution >= 0.6 is 11.6 Å². The number of rotatable bonds is 1. The Morgan fingerprint density at radius 1 is 1.06 bits per heavy atom. The largest absolute Gasteiger partial charge is 0.344 e. The molecule has 4 heteroatoms. The van der Waals surface area contributed by atoms with Gasteiger partial charge in [-0.25, -0.2) is 9.79 Å². The molecular weight excluding hydrogens is 248 g/mol. The second-order valence-electron chi connectivity index (χ2n) is 4.90. The molecule has 1 N–H and O–H groups in total. The van der Waals surface area contributed by atoms with E-state index < -0.39 is 0 Å². The molecule has 0 aliphatic heterocycles. The molecule has 94 valence electrons. The maximum absolute atomic E-state index is 11.5. The minimum Gasteiger partial charge on any atom is -0.306 e. The van der Waals surface area contributed by atoms with E-state index in [4.69, 9.17) is 11.6 Å². The number of anilines is 1. The zero-order valence-corrected chi connectivity index (χ0v) is 10.9. The number of aliphatic imine (C=N–C) groups is 1. The van der Waals surface area contributed by atoms with Crippen LogP contribution in [0, 0.1) is 0 Å². The van der Waals surface area contributed by atoms with E-state index in [-0.39, 0.29) is 6.03 Å². The topological polar surface area (TPSA) is 41.5 Å². The van der Waals surface area contributed by atoms with Gasteiger partial charge in [0.25, 0.3) is 0 Å². The number of fused-ring (bicyclic) bond motifs is 2. The summed E-state index contributed by atoms with van der Waals surface area (Å²) < 4.78 is 0. The Bertz CT molecular complexity index is 516. The van der Waals surface area contributed by atoms with Gasteiger partial charge in [0.1, 0.15) is 0 Å². The fourth-order valence-corrected chi connectivity index (χ4v) is 3.60. The molecule has 0 radical (unpaired) electrons. The van der Waals surface area contributed by atoms with Crippen molar-refractivity contribution in [1.82, 2.24) is 0 Å². The van der Waals surface area contributed by atoms with Gasteiger partial charge in [0.05, 0.1) is 0 Å². The zero-order valence-electron chi connectivity index (χ0n) is 10.2. The van der Waals surface area contributed by atoms with Crippen molar-refractivity contribution in [3.63, 3.8) is 0 Å². The Balaban J connectivity index is 2.17. The number of benzene rings is 1. The van der Waals surface area contributed by atoms with Gasteiger partial charge < -0.3 is 5.32 Å². The maximum Gasteiger partial charge on any atom is 0.344 e. The molecule has 0 saturated carbocycles. The van der Waals surface area contributed by atoms with Gasteiger partial charge in [0.15, 0.2) is 0 Å². The Morgan fingerprint density at radius 2 is 1.56 bits per heavy atom. The highest BCUT2D eigenvalue weighted by Gasteiger charge is 2.28. The van der Waals surface area contributed by atoms with Gasteiger partial charge in [0, 0.05) is 10.7 Å². The Morgan fingerprint density at radius 3 is 2.06 bits per heavy atom. The van der Waals surface area contributed by atoms with Crippen molar-refractivity contribution in [2.75, 3.05) is 5.32 Å². The first-order chi connectivity index (χ1) is 8.72. The van der Waals surface area contributed by atoms with Crippen LogP contribution in [0.3, 0.4) is 0 Å². The summed E-state index contributed by atoms with van der Waals surface area (Å²) in [5.74, 6) is 0. The lowest BCUT2D eigenvalue weighted by atomic mass is 9.98. The number of halogens is 1. The number of nitrogens with zero attached hydrogens (tertiary/aromatic N) is 1. The van der Waals surface area contributed by atoms with Crippen molar-refractivity contribution >= 4 is 30.0 Å². The first-order valence-electron chi connectivity index (χ1n) is 6.35. The van der Waals surface area contributed by atoms with Crippen molar-refractivity contribution in [2.24, 2.45) is 4.99 Å². The van der Waals surface area contributed by atoms with Crippen LogP contribution in [0.4, 0.5) is 10.5 Å². The summed E-state index contributed by atoms with van der Waals surface area (Å²) in [6.07, 6.45) is 6.26. The normalized spacial score (nSPS) is 16.3. The van der Waals surface area contributed by atoms with Gasteiger partial charge in [0.2, 0.25) is 0 Å². The summed E-state index contributed by atoms with van der Waals surface area (Å²) in [7, 11) is 0. The number of urea groups is 1. The first-order valence-corrected chi connectivity index (χ1v) is 6.73. The molecule has 0 bridgehead atoms. The van der Waals surface area contributed by atoms with Crippen molar-refractivity contribution in [3.05, 3.63) is 27.3 Å². The van der Waals surface area contributed by atoms with E-state index >= 15 is 0 Å². The van der Waals surface area contributed by atoms with E-state index in [9.17, 15) is 4.79 Å². The predicted octanol–water partition coefficient (Wildman–Crippen LogP) is 3.55. The fraction of sp³-hybridized carbons (Fsp3) is 0.429. The molecule has 0 spiro atoms. The quantitative estimate of drug-likeness (QED) is 0.773. The molecule has 18 heavy (non-hydrogen) atoms. The maximum atomic E-state index is 11.5. The molecule has 3 nitrogen and oxygen atoms in total. The van der Waals surface area contributed by atoms with E-state index in [0.29, 0.717) is 0 Å². The van der Waals surface area contributed by atoms with Crippen molar-refractivity contribution in [2.45, 2.75) is 38.5 Å². The van der Waals surface area contributed by atoms with E-state index in [1.54, 1.807) is 0 Å². The smallest absolute Gasteiger partial charge is 0.306 e. The minimum absolute atomic E-state index is 0.375. The summed E-state index contributed by atoms with van der Waals surface area (Å²) in [6, 6.07) is -0.375. The molecule has 0 unspecified atom stereocenters. The lowest BCUT2D eigenvalue weighted by molar-refractivity contribution is 0.259. The van der Waals surface area contributed by atoms with Crippen LogP contribution in [-0.4, -0.2) is 12.7 Å². The lowest BCUT2D eigenvalue weighted by Crippen LogP contribution is -2.11. The Labute approximate surface area is 111 Å². The highest BCUT2D eigenvalue weighted by atomic mass is 35.5. The monoisotopic (exact) mass is 262 g/mol. The van der Waals surface area contributed by atoms with Gasteiger partial charge in [-0.2, -0.15) is 0 Å². The average Bonchev–Trinajstić information content (AvgIpc) is 3.02. The number of carbonyl (C=O) groups excluding carboxylic acids is 1. The standard InChI is InChI=1S/C14H15ClN2O/c1-16-14(18)17-13-10-6-2-4-8(10)12(15)9-5-3-7-11(9)13/h1-7H2,(H,17,18). The van der Waals surface area contributed by atoms with Crippen LogP contribution in [0.5, 0.6) is 0 Å².